The number of pyridine rings is 1. The molecule has 1 aromatic carbocycles. The first-order valence-electron chi connectivity index (χ1n) is 18.8. The number of likely N-dealkylation sites (tertiary alicyclic amines) is 1. The highest BCUT2D eigenvalue weighted by atomic mass is 16.6. The molecule has 3 fully saturated rings. The van der Waals surface area contributed by atoms with Crippen LogP contribution >= 0.6 is 0 Å². The molecule has 15 nitrogen and oxygen atoms in total. The number of amides is 5. The van der Waals surface area contributed by atoms with Gasteiger partial charge in [-0.25, -0.2) is 9.78 Å². The van der Waals surface area contributed by atoms with E-state index in [1.807, 2.05) is 19.9 Å². The number of aryl methyl sites for hydroxylation is 1. The molecule has 1 saturated carbocycles. The molecule has 5 amide bonds. The lowest BCUT2D eigenvalue weighted by Gasteiger charge is -2.46. The van der Waals surface area contributed by atoms with Crippen molar-refractivity contribution in [2.45, 2.75) is 90.1 Å². The quantitative estimate of drug-likeness (QED) is 0.203. The molecule has 5 rings (SSSR count). The predicted molar refractivity (Wildman–Crippen MR) is 194 cm³/mol. The van der Waals surface area contributed by atoms with Crippen LogP contribution in [0.15, 0.2) is 24.3 Å². The molecule has 15 heteroatoms. The molecule has 3 heterocycles. The van der Waals surface area contributed by atoms with E-state index in [2.05, 4.69) is 10.3 Å². The third kappa shape index (κ3) is 8.99. The second kappa shape index (κ2) is 17.7. The number of primary amides is 1. The van der Waals surface area contributed by atoms with Crippen LogP contribution in [0.3, 0.4) is 0 Å². The molecule has 2 aromatic rings. The molecule has 1 aliphatic carbocycles. The van der Waals surface area contributed by atoms with E-state index in [-0.39, 0.29) is 82.1 Å². The molecule has 0 unspecified atom stereocenters. The minimum Gasteiger partial charge on any atom is -0.483 e. The minimum atomic E-state index is -1.10. The average molecular weight is 737 g/mol. The highest BCUT2D eigenvalue weighted by molar-refractivity contribution is 6.00. The van der Waals surface area contributed by atoms with Gasteiger partial charge in [0.1, 0.15) is 23.0 Å². The molecule has 3 N–H and O–H groups in total. The fraction of sp³-hybridized carbons (Fsp3) is 0.605. The zero-order valence-corrected chi connectivity index (χ0v) is 31.0. The van der Waals surface area contributed by atoms with Gasteiger partial charge in [0.15, 0.2) is 6.61 Å². The molecule has 2 aliphatic heterocycles. The highest BCUT2D eigenvalue weighted by Crippen LogP contribution is 2.45. The molecule has 0 spiro atoms. The summed E-state index contributed by atoms with van der Waals surface area (Å²) in [7, 11) is 0. The number of piperazine rings is 1. The fourth-order valence-corrected chi connectivity index (χ4v) is 7.41. The van der Waals surface area contributed by atoms with Gasteiger partial charge < -0.3 is 40.0 Å². The zero-order valence-electron chi connectivity index (χ0n) is 31.0. The van der Waals surface area contributed by atoms with Gasteiger partial charge in [-0.15, -0.1) is 0 Å². The summed E-state index contributed by atoms with van der Waals surface area (Å²) in [5.41, 5.74) is 6.18. The molecule has 0 bridgehead atoms. The lowest BCUT2D eigenvalue weighted by atomic mass is 9.69. The summed E-state index contributed by atoms with van der Waals surface area (Å²) < 4.78 is 16.5. The van der Waals surface area contributed by atoms with E-state index in [1.165, 1.54) is 11.0 Å². The van der Waals surface area contributed by atoms with E-state index in [0.717, 1.165) is 31.2 Å². The van der Waals surface area contributed by atoms with E-state index in [0.29, 0.717) is 36.7 Å². The SMILES string of the molecule is CCCCOC(=O)CC[C@H](NC(=O)c1cc(OCC(=O)N2CCC[C@@]2(C(N)=O)C2CCC2)c2ccc(C)cc2n1)C(=O)N1CCN(C(=O)OCC)CC1. The van der Waals surface area contributed by atoms with Gasteiger partial charge in [0.2, 0.25) is 11.8 Å². The smallest absolute Gasteiger partial charge is 0.409 e. The van der Waals surface area contributed by atoms with Crippen LogP contribution in [0.5, 0.6) is 5.75 Å². The van der Waals surface area contributed by atoms with Crippen molar-refractivity contribution in [3.8, 4) is 5.75 Å². The number of rotatable bonds is 15. The van der Waals surface area contributed by atoms with Gasteiger partial charge in [-0.3, -0.25) is 24.0 Å². The third-order valence-corrected chi connectivity index (χ3v) is 10.6. The normalized spacial score (nSPS) is 19.3. The van der Waals surface area contributed by atoms with E-state index in [4.69, 9.17) is 19.9 Å². The summed E-state index contributed by atoms with van der Waals surface area (Å²) in [5, 5.41) is 3.36. The van der Waals surface area contributed by atoms with Crippen LogP contribution in [0.4, 0.5) is 4.79 Å². The van der Waals surface area contributed by atoms with Crippen molar-refractivity contribution in [2.75, 3.05) is 52.5 Å². The Bertz CT molecular complexity index is 1690. The molecule has 53 heavy (non-hydrogen) atoms. The molecule has 0 radical (unpaired) electrons. The maximum atomic E-state index is 13.9. The minimum absolute atomic E-state index is 0.0172. The Kier molecular flexibility index (Phi) is 13.1. The van der Waals surface area contributed by atoms with Crippen molar-refractivity contribution in [3.05, 3.63) is 35.5 Å². The van der Waals surface area contributed by atoms with E-state index >= 15 is 0 Å². The first-order valence-corrected chi connectivity index (χ1v) is 18.8. The van der Waals surface area contributed by atoms with Crippen LogP contribution in [0.2, 0.25) is 0 Å². The Morgan fingerprint density at radius 3 is 2.38 bits per heavy atom. The number of benzene rings is 1. The van der Waals surface area contributed by atoms with Gasteiger partial charge >= 0.3 is 12.1 Å². The van der Waals surface area contributed by atoms with Gasteiger partial charge in [-0.05, 0) is 76.0 Å². The summed E-state index contributed by atoms with van der Waals surface area (Å²) in [4.78, 5) is 88.2. The van der Waals surface area contributed by atoms with E-state index in [1.54, 1.807) is 28.9 Å². The van der Waals surface area contributed by atoms with Crippen molar-refractivity contribution in [1.82, 2.24) is 25.0 Å². The number of nitrogens with two attached hydrogens (primary N) is 1. The first kappa shape index (κ1) is 39.3. The van der Waals surface area contributed by atoms with Crippen molar-refractivity contribution >= 4 is 46.6 Å². The molecule has 1 aromatic heterocycles. The molecular weight excluding hydrogens is 684 g/mol. The highest BCUT2D eigenvalue weighted by Gasteiger charge is 2.55. The Labute approximate surface area is 309 Å². The Morgan fingerprint density at radius 2 is 1.72 bits per heavy atom. The summed E-state index contributed by atoms with van der Waals surface area (Å²) >= 11 is 0. The van der Waals surface area contributed by atoms with Crippen LogP contribution < -0.4 is 15.8 Å². The Morgan fingerprint density at radius 1 is 0.981 bits per heavy atom. The van der Waals surface area contributed by atoms with Crippen molar-refractivity contribution < 1.29 is 43.0 Å². The second-order valence-corrected chi connectivity index (χ2v) is 14.0. The second-order valence-electron chi connectivity index (χ2n) is 14.0. The van der Waals surface area contributed by atoms with Crippen LogP contribution in [-0.2, 0) is 28.7 Å². The van der Waals surface area contributed by atoms with Crippen LogP contribution in [0.1, 0.15) is 87.7 Å². The van der Waals surface area contributed by atoms with Crippen molar-refractivity contribution in [1.29, 1.82) is 0 Å². The summed E-state index contributed by atoms with van der Waals surface area (Å²) in [6.07, 6.45) is 4.86. The van der Waals surface area contributed by atoms with Gasteiger partial charge in [-0.2, -0.15) is 0 Å². The summed E-state index contributed by atoms with van der Waals surface area (Å²) in [6, 6.07) is 5.77. The van der Waals surface area contributed by atoms with E-state index in [9.17, 15) is 28.8 Å². The molecule has 288 valence electrons. The fourth-order valence-electron chi connectivity index (χ4n) is 7.41. The lowest BCUT2D eigenvalue weighted by molar-refractivity contribution is -0.150. The number of unbranched alkanes of at least 4 members (excludes halogenated alkanes) is 1. The standard InChI is InChI=1S/C38H52N6O9/c1-4-6-21-52-33(46)14-13-28(35(48)42-17-19-43(20-18-42)37(50)51-5-2)41-34(47)30-23-31(27-12-11-25(3)22-29(27)40-30)53-24-32(45)44-16-8-15-38(44,36(39)49)26-9-7-10-26/h11-12,22-23,26,28H,4-10,13-21,24H2,1-3H3,(H2,39,49)(H,41,47)/t28-,38-/m0/s1. The maximum Gasteiger partial charge on any atom is 0.409 e. The Hall–Kier alpha value is -4.95. The van der Waals surface area contributed by atoms with Gasteiger partial charge in [0.05, 0.1) is 18.7 Å². The van der Waals surface area contributed by atoms with Gasteiger partial charge in [-0.1, -0.05) is 25.8 Å². The summed E-state index contributed by atoms with van der Waals surface area (Å²) in [5.74, 6) is -2.15. The number of aromatic nitrogens is 1. The number of hydrogen-bond donors (Lipinski definition) is 2. The van der Waals surface area contributed by atoms with Gasteiger partial charge in [0, 0.05) is 50.6 Å². The Balaban J connectivity index is 1.34. The molecule has 2 saturated heterocycles. The number of nitrogens with zero attached hydrogens (tertiary/aromatic N) is 4. The summed E-state index contributed by atoms with van der Waals surface area (Å²) in [6.45, 7) is 7.07. The maximum absolute atomic E-state index is 13.9. The van der Waals surface area contributed by atoms with Crippen molar-refractivity contribution in [2.24, 2.45) is 11.7 Å². The molecule has 3 aliphatic rings. The number of carbonyl (C=O) groups excluding carboxylic acids is 6. The van der Waals surface area contributed by atoms with Crippen LogP contribution in [0, 0.1) is 12.8 Å². The number of nitrogens with one attached hydrogen (secondary N) is 1. The average Bonchev–Trinajstić information content (AvgIpc) is 3.56. The number of hydrogen-bond acceptors (Lipinski definition) is 10. The number of esters is 1. The number of carbonyl (C=O) groups is 6. The van der Waals surface area contributed by atoms with E-state index < -0.39 is 41.4 Å². The molecular formula is C38H52N6O9. The third-order valence-electron chi connectivity index (χ3n) is 10.6. The predicted octanol–water partition coefficient (Wildman–Crippen LogP) is 3.09. The number of fused-ring (bicyclic) bond motifs is 1. The largest absolute Gasteiger partial charge is 0.483 e. The lowest BCUT2D eigenvalue weighted by Crippen LogP contribution is -2.62. The first-order chi connectivity index (χ1) is 25.5. The zero-order chi connectivity index (χ0) is 38.1. The van der Waals surface area contributed by atoms with Gasteiger partial charge in [0.25, 0.3) is 11.8 Å². The topological polar surface area (TPSA) is 191 Å². The number of ether oxygens (including phenoxy) is 3. The monoisotopic (exact) mass is 736 g/mol. The van der Waals surface area contributed by atoms with Crippen LogP contribution in [0.25, 0.3) is 10.9 Å². The molecule has 2 atom stereocenters. The van der Waals surface area contributed by atoms with Crippen LogP contribution in [-0.4, -0.2) is 120 Å². The van der Waals surface area contributed by atoms with Crippen molar-refractivity contribution in [3.63, 3.8) is 0 Å².